The number of nitrogens with zero attached hydrogens (tertiary/aromatic N) is 1. The average molecular weight is 276 g/mol. The molecular formula is C15H20N2O3. The standard InChI is InChI=1S/C15H20N2O3/c1-3-4-15(18)16-12-5-7-13(8-6-12)19-10-14-9-11(2)17-20-14/h9,12-13H,5-8,10H2,1-2H3,(H,16,18). The quantitative estimate of drug-likeness (QED) is 0.854. The summed E-state index contributed by atoms with van der Waals surface area (Å²) in [4.78, 5) is 11.4. The Morgan fingerprint density at radius 3 is 2.85 bits per heavy atom. The van der Waals surface area contributed by atoms with Gasteiger partial charge < -0.3 is 14.6 Å². The molecule has 1 saturated carbocycles. The van der Waals surface area contributed by atoms with Gasteiger partial charge in [0.2, 0.25) is 0 Å². The molecule has 1 aromatic rings. The fourth-order valence-electron chi connectivity index (χ4n) is 2.39. The van der Waals surface area contributed by atoms with Crippen molar-refractivity contribution in [3.8, 4) is 11.8 Å². The molecule has 1 aromatic heterocycles. The van der Waals surface area contributed by atoms with Gasteiger partial charge in [0.15, 0.2) is 5.76 Å². The number of hydrogen-bond donors (Lipinski definition) is 1. The van der Waals surface area contributed by atoms with Gasteiger partial charge in [0, 0.05) is 12.1 Å². The van der Waals surface area contributed by atoms with E-state index >= 15 is 0 Å². The molecule has 5 heteroatoms. The van der Waals surface area contributed by atoms with Crippen LogP contribution in [0.2, 0.25) is 0 Å². The summed E-state index contributed by atoms with van der Waals surface area (Å²) in [6.07, 6.45) is 3.97. The first-order chi connectivity index (χ1) is 9.67. The maximum atomic E-state index is 11.4. The highest BCUT2D eigenvalue weighted by atomic mass is 16.5. The molecule has 1 aliphatic rings. The molecule has 0 radical (unpaired) electrons. The molecule has 108 valence electrons. The Morgan fingerprint density at radius 2 is 2.25 bits per heavy atom. The fourth-order valence-corrected chi connectivity index (χ4v) is 2.39. The molecule has 0 aromatic carbocycles. The Bertz CT molecular complexity index is 505. The second-order valence-electron chi connectivity index (χ2n) is 5.07. The molecule has 0 unspecified atom stereocenters. The summed E-state index contributed by atoms with van der Waals surface area (Å²) < 4.78 is 10.9. The summed E-state index contributed by atoms with van der Waals surface area (Å²) in [5.74, 6) is 5.68. The third-order valence-electron chi connectivity index (χ3n) is 3.39. The maximum Gasteiger partial charge on any atom is 0.296 e. The number of nitrogens with one attached hydrogen (secondary N) is 1. The van der Waals surface area contributed by atoms with E-state index in [1.165, 1.54) is 0 Å². The zero-order chi connectivity index (χ0) is 14.4. The van der Waals surface area contributed by atoms with Crippen LogP contribution in [-0.2, 0) is 16.1 Å². The van der Waals surface area contributed by atoms with Gasteiger partial charge in [-0.1, -0.05) is 11.1 Å². The number of carbonyl (C=O) groups excluding carboxylic acids is 1. The first kappa shape index (κ1) is 14.6. The second-order valence-corrected chi connectivity index (χ2v) is 5.07. The number of rotatable bonds is 4. The smallest absolute Gasteiger partial charge is 0.296 e. The van der Waals surface area contributed by atoms with Gasteiger partial charge in [-0.15, -0.1) is 0 Å². The summed E-state index contributed by atoms with van der Waals surface area (Å²) >= 11 is 0. The van der Waals surface area contributed by atoms with E-state index in [2.05, 4.69) is 22.3 Å². The van der Waals surface area contributed by atoms with E-state index in [0.29, 0.717) is 6.61 Å². The highest BCUT2D eigenvalue weighted by Crippen LogP contribution is 2.22. The molecule has 0 saturated heterocycles. The third-order valence-corrected chi connectivity index (χ3v) is 3.39. The van der Waals surface area contributed by atoms with E-state index in [1.807, 2.05) is 13.0 Å². The van der Waals surface area contributed by atoms with Crippen LogP contribution in [0.1, 0.15) is 44.1 Å². The number of carbonyl (C=O) groups is 1. The molecule has 1 heterocycles. The molecule has 0 atom stereocenters. The van der Waals surface area contributed by atoms with Crippen molar-refractivity contribution in [1.29, 1.82) is 0 Å². The van der Waals surface area contributed by atoms with Crippen molar-refractivity contribution in [2.45, 2.75) is 58.3 Å². The lowest BCUT2D eigenvalue weighted by molar-refractivity contribution is -0.116. The zero-order valence-electron chi connectivity index (χ0n) is 11.9. The van der Waals surface area contributed by atoms with E-state index in [4.69, 9.17) is 9.26 Å². The lowest BCUT2D eigenvalue weighted by Crippen LogP contribution is -2.38. The van der Waals surface area contributed by atoms with Crippen molar-refractivity contribution in [2.24, 2.45) is 0 Å². The minimum Gasteiger partial charge on any atom is -0.370 e. The summed E-state index contributed by atoms with van der Waals surface area (Å²) in [6, 6.07) is 2.10. The van der Waals surface area contributed by atoms with Gasteiger partial charge in [-0.3, -0.25) is 4.79 Å². The van der Waals surface area contributed by atoms with Gasteiger partial charge in [-0.05, 0) is 45.5 Å². The summed E-state index contributed by atoms with van der Waals surface area (Å²) in [7, 11) is 0. The van der Waals surface area contributed by atoms with Crippen molar-refractivity contribution in [3.63, 3.8) is 0 Å². The van der Waals surface area contributed by atoms with Crippen molar-refractivity contribution in [1.82, 2.24) is 10.5 Å². The molecule has 5 nitrogen and oxygen atoms in total. The number of amides is 1. The van der Waals surface area contributed by atoms with E-state index in [-0.39, 0.29) is 18.1 Å². The molecular weight excluding hydrogens is 256 g/mol. The monoisotopic (exact) mass is 276 g/mol. The topological polar surface area (TPSA) is 64.4 Å². The predicted molar refractivity (Wildman–Crippen MR) is 73.7 cm³/mol. The lowest BCUT2D eigenvalue weighted by atomic mass is 9.93. The van der Waals surface area contributed by atoms with Gasteiger partial charge in [0.25, 0.3) is 5.91 Å². The SMILES string of the molecule is CC#CC(=O)NC1CCC(OCc2cc(C)no2)CC1. The molecule has 1 aliphatic carbocycles. The van der Waals surface area contributed by atoms with Crippen LogP contribution in [0, 0.1) is 18.8 Å². The minimum absolute atomic E-state index is 0.186. The van der Waals surface area contributed by atoms with Gasteiger partial charge >= 0.3 is 0 Å². The molecule has 0 bridgehead atoms. The normalized spacial score (nSPS) is 21.9. The van der Waals surface area contributed by atoms with Crippen LogP contribution >= 0.6 is 0 Å². The molecule has 1 N–H and O–H groups in total. The maximum absolute atomic E-state index is 11.4. The van der Waals surface area contributed by atoms with E-state index in [9.17, 15) is 4.79 Å². The Morgan fingerprint density at radius 1 is 1.50 bits per heavy atom. The van der Waals surface area contributed by atoms with Crippen LogP contribution in [0.3, 0.4) is 0 Å². The van der Waals surface area contributed by atoms with E-state index in [1.54, 1.807) is 6.92 Å². The highest BCUT2D eigenvalue weighted by molar-refractivity contribution is 5.93. The fraction of sp³-hybridized carbons (Fsp3) is 0.600. The summed E-state index contributed by atoms with van der Waals surface area (Å²) in [5, 5.41) is 6.75. The number of aryl methyl sites for hydroxylation is 1. The van der Waals surface area contributed by atoms with Crippen LogP contribution in [0.5, 0.6) is 0 Å². The number of aromatic nitrogens is 1. The van der Waals surface area contributed by atoms with Crippen LogP contribution < -0.4 is 5.32 Å². The minimum atomic E-state index is -0.186. The summed E-state index contributed by atoms with van der Waals surface area (Å²) in [6.45, 7) is 4.01. The number of hydrogen-bond acceptors (Lipinski definition) is 4. The van der Waals surface area contributed by atoms with Crippen LogP contribution in [-0.4, -0.2) is 23.2 Å². The predicted octanol–water partition coefficient (Wildman–Crippen LogP) is 1.95. The van der Waals surface area contributed by atoms with E-state index in [0.717, 1.165) is 37.1 Å². The zero-order valence-corrected chi connectivity index (χ0v) is 11.9. The highest BCUT2D eigenvalue weighted by Gasteiger charge is 2.22. The number of ether oxygens (including phenoxy) is 1. The van der Waals surface area contributed by atoms with E-state index < -0.39 is 0 Å². The third kappa shape index (κ3) is 4.39. The molecule has 1 fully saturated rings. The van der Waals surface area contributed by atoms with Gasteiger partial charge in [0.1, 0.15) is 6.61 Å². The Labute approximate surface area is 119 Å². The summed E-state index contributed by atoms with van der Waals surface area (Å²) in [5.41, 5.74) is 0.868. The lowest BCUT2D eigenvalue weighted by Gasteiger charge is -2.28. The molecule has 0 aliphatic heterocycles. The first-order valence-electron chi connectivity index (χ1n) is 6.94. The van der Waals surface area contributed by atoms with Crippen molar-refractivity contribution in [3.05, 3.63) is 17.5 Å². The van der Waals surface area contributed by atoms with Gasteiger partial charge in [-0.2, -0.15) is 0 Å². The Kier molecular flexibility index (Phi) is 5.19. The molecule has 2 rings (SSSR count). The van der Waals surface area contributed by atoms with Crippen LogP contribution in [0.4, 0.5) is 0 Å². The van der Waals surface area contributed by atoms with Crippen molar-refractivity contribution >= 4 is 5.91 Å². The van der Waals surface area contributed by atoms with Crippen molar-refractivity contribution < 1.29 is 14.1 Å². The Hall–Kier alpha value is -1.80. The van der Waals surface area contributed by atoms with Crippen molar-refractivity contribution in [2.75, 3.05) is 0 Å². The molecule has 0 spiro atoms. The Balaban J connectivity index is 1.68. The average Bonchev–Trinajstić information content (AvgIpc) is 2.84. The first-order valence-corrected chi connectivity index (χ1v) is 6.94. The van der Waals surface area contributed by atoms with Gasteiger partial charge in [0.05, 0.1) is 11.8 Å². The largest absolute Gasteiger partial charge is 0.370 e. The second kappa shape index (κ2) is 7.11. The van der Waals surface area contributed by atoms with Crippen LogP contribution in [0.25, 0.3) is 0 Å². The van der Waals surface area contributed by atoms with Gasteiger partial charge in [-0.25, -0.2) is 0 Å². The molecule has 20 heavy (non-hydrogen) atoms. The van der Waals surface area contributed by atoms with Crippen LogP contribution in [0.15, 0.2) is 10.6 Å². The molecule has 1 amide bonds.